The highest BCUT2D eigenvalue weighted by molar-refractivity contribution is 6.18. The Morgan fingerprint density at radius 2 is 1.21 bits per heavy atom. The number of nitrogens with zero attached hydrogens (tertiary/aromatic N) is 2. The fraction of sp³-hybridized carbons (Fsp3) is 0.300. The molecule has 3 atom stereocenters. The molecular weight excluding hydrogens is 484 g/mol. The van der Waals surface area contributed by atoms with Crippen molar-refractivity contribution < 1.29 is 28.7 Å². The maximum Gasteiger partial charge on any atom is 0.329 e. The van der Waals surface area contributed by atoms with E-state index in [2.05, 4.69) is 0 Å². The molecule has 8 heteroatoms. The zero-order valence-electron chi connectivity index (χ0n) is 21.6. The molecule has 0 aliphatic carbocycles. The molecule has 8 nitrogen and oxygen atoms in total. The number of carbonyl (C=O) groups excluding carboxylic acids is 3. The second-order valence-corrected chi connectivity index (χ2v) is 9.26. The van der Waals surface area contributed by atoms with E-state index in [4.69, 9.17) is 14.3 Å². The number of amides is 1. The van der Waals surface area contributed by atoms with Crippen LogP contribution in [0.3, 0.4) is 0 Å². The number of rotatable bonds is 7. The lowest BCUT2D eigenvalue weighted by atomic mass is 9.57. The third kappa shape index (κ3) is 3.48. The van der Waals surface area contributed by atoms with Gasteiger partial charge < -0.3 is 9.47 Å². The Morgan fingerprint density at radius 1 is 0.763 bits per heavy atom. The lowest BCUT2D eigenvalue weighted by Gasteiger charge is -2.57. The van der Waals surface area contributed by atoms with Crippen molar-refractivity contribution in [2.45, 2.75) is 31.5 Å². The van der Waals surface area contributed by atoms with E-state index in [1.165, 1.54) is 5.06 Å². The van der Waals surface area contributed by atoms with Crippen LogP contribution in [0, 0.1) is 5.41 Å². The van der Waals surface area contributed by atoms with E-state index < -0.39 is 40.9 Å². The summed E-state index contributed by atoms with van der Waals surface area (Å²) < 4.78 is 11.2. The fourth-order valence-corrected chi connectivity index (χ4v) is 5.90. The zero-order chi connectivity index (χ0) is 26.9. The molecule has 0 saturated carbocycles. The van der Waals surface area contributed by atoms with Crippen LogP contribution in [0.1, 0.15) is 37.1 Å². The Morgan fingerprint density at radius 3 is 1.68 bits per heavy atom. The molecule has 2 saturated heterocycles. The Kier molecular flexibility index (Phi) is 6.77. The van der Waals surface area contributed by atoms with E-state index in [0.717, 1.165) is 0 Å². The zero-order valence-corrected chi connectivity index (χ0v) is 21.6. The highest BCUT2D eigenvalue weighted by atomic mass is 16.7. The first-order valence-electron chi connectivity index (χ1n) is 12.7. The number of hydrogen-bond donors (Lipinski definition) is 0. The van der Waals surface area contributed by atoms with E-state index in [0.29, 0.717) is 16.8 Å². The molecule has 1 amide bonds. The van der Waals surface area contributed by atoms with Crippen LogP contribution in [0.2, 0.25) is 0 Å². The van der Waals surface area contributed by atoms with Gasteiger partial charge in [0.05, 0.1) is 19.3 Å². The third-order valence-corrected chi connectivity index (χ3v) is 7.29. The van der Waals surface area contributed by atoms with Crippen molar-refractivity contribution in [1.82, 2.24) is 5.06 Å². The number of ether oxygens (including phenoxy) is 2. The van der Waals surface area contributed by atoms with E-state index in [9.17, 15) is 14.4 Å². The molecule has 3 aromatic carbocycles. The lowest BCUT2D eigenvalue weighted by molar-refractivity contribution is -0.231. The average Bonchev–Trinajstić information content (AvgIpc) is 3.24. The molecule has 2 aliphatic heterocycles. The minimum Gasteiger partial charge on any atom is -0.465 e. The smallest absolute Gasteiger partial charge is 0.329 e. The molecule has 196 valence electrons. The third-order valence-electron chi connectivity index (χ3n) is 7.29. The van der Waals surface area contributed by atoms with Gasteiger partial charge >= 0.3 is 11.9 Å². The highest BCUT2D eigenvalue weighted by Crippen LogP contribution is 2.66. The van der Waals surface area contributed by atoms with Crippen LogP contribution in [0.5, 0.6) is 0 Å². The van der Waals surface area contributed by atoms with E-state index >= 15 is 0 Å². The van der Waals surface area contributed by atoms with Gasteiger partial charge in [0.25, 0.3) is 5.91 Å². The van der Waals surface area contributed by atoms with Crippen molar-refractivity contribution in [2.75, 3.05) is 25.2 Å². The van der Waals surface area contributed by atoms with Crippen molar-refractivity contribution in [3.8, 4) is 0 Å². The summed E-state index contributed by atoms with van der Waals surface area (Å²) in [7, 11) is 1.63. The van der Waals surface area contributed by atoms with Crippen LogP contribution in [-0.2, 0) is 28.7 Å². The van der Waals surface area contributed by atoms with Gasteiger partial charge in [0.1, 0.15) is 6.04 Å². The Labute approximate surface area is 221 Å². The monoisotopic (exact) mass is 514 g/mol. The van der Waals surface area contributed by atoms with Crippen LogP contribution in [0.25, 0.3) is 0 Å². The second kappa shape index (κ2) is 10.0. The molecule has 38 heavy (non-hydrogen) atoms. The fourth-order valence-electron chi connectivity index (χ4n) is 5.90. The van der Waals surface area contributed by atoms with Crippen molar-refractivity contribution in [2.24, 2.45) is 5.41 Å². The molecule has 0 N–H and O–H groups in total. The van der Waals surface area contributed by atoms with Gasteiger partial charge in [-0.25, -0.2) is 0 Å². The summed E-state index contributed by atoms with van der Waals surface area (Å²) >= 11 is 0. The molecule has 0 bridgehead atoms. The maximum absolute atomic E-state index is 14.5. The number of esters is 2. The predicted octanol–water partition coefficient (Wildman–Crippen LogP) is 4.24. The second-order valence-electron chi connectivity index (χ2n) is 9.26. The van der Waals surface area contributed by atoms with Gasteiger partial charge in [0.15, 0.2) is 0 Å². The standard InChI is InChI=1S/C30H30N2O6/c1-4-36-27(34)29(28(35)37-5-2)24(21-15-9-6-10-16-21)31(3)38-30(29)25(22-17-11-7-12-18-22)32(26(30)33)23-19-13-8-14-20-23/h6-20,24-25H,4-5H2,1-3H3/t24-,25-,30-/m1/s1. The van der Waals surface area contributed by atoms with Gasteiger partial charge in [0, 0.05) is 12.7 Å². The van der Waals surface area contributed by atoms with E-state index in [1.54, 1.807) is 37.9 Å². The predicted molar refractivity (Wildman–Crippen MR) is 140 cm³/mol. The molecule has 2 aliphatic rings. The first-order chi connectivity index (χ1) is 18.4. The molecule has 0 aromatic heterocycles. The van der Waals surface area contributed by atoms with Crippen LogP contribution < -0.4 is 4.90 Å². The van der Waals surface area contributed by atoms with Crippen LogP contribution in [-0.4, -0.2) is 48.8 Å². The minimum atomic E-state index is -2.15. The van der Waals surface area contributed by atoms with Crippen molar-refractivity contribution in [3.63, 3.8) is 0 Å². The lowest BCUT2D eigenvalue weighted by Crippen LogP contribution is -2.78. The first kappa shape index (κ1) is 25.6. The molecule has 2 heterocycles. The van der Waals surface area contributed by atoms with Gasteiger partial charge in [-0.05, 0) is 37.1 Å². The summed E-state index contributed by atoms with van der Waals surface area (Å²) in [5, 5.41) is 1.43. The number of carbonyl (C=O) groups is 3. The highest BCUT2D eigenvalue weighted by Gasteiger charge is 2.86. The summed E-state index contributed by atoms with van der Waals surface area (Å²) in [6.45, 7) is 3.34. The number of benzene rings is 3. The molecule has 5 rings (SSSR count). The Hall–Kier alpha value is -4.01. The minimum absolute atomic E-state index is 0.00782. The van der Waals surface area contributed by atoms with Crippen molar-refractivity contribution in [1.29, 1.82) is 0 Å². The van der Waals surface area contributed by atoms with Crippen LogP contribution in [0.4, 0.5) is 5.69 Å². The van der Waals surface area contributed by atoms with Crippen LogP contribution >= 0.6 is 0 Å². The van der Waals surface area contributed by atoms with Crippen LogP contribution in [0.15, 0.2) is 91.0 Å². The summed E-state index contributed by atoms with van der Waals surface area (Å²) in [5.74, 6) is -2.25. The van der Waals surface area contributed by atoms with Crippen molar-refractivity contribution >= 4 is 23.5 Å². The molecule has 3 aromatic rings. The van der Waals surface area contributed by atoms with Gasteiger partial charge in [-0.2, -0.15) is 5.06 Å². The molecule has 1 spiro atoms. The first-order valence-corrected chi connectivity index (χ1v) is 12.7. The number of β-lactam (4-membered cyclic amide) rings is 1. The Bertz CT molecular complexity index is 1300. The molecular formula is C30H30N2O6. The van der Waals surface area contributed by atoms with Gasteiger partial charge in [-0.15, -0.1) is 0 Å². The topological polar surface area (TPSA) is 85.4 Å². The number of hydroxylamine groups is 2. The molecule has 0 radical (unpaired) electrons. The maximum atomic E-state index is 14.5. The molecule has 0 unspecified atom stereocenters. The normalized spacial score (nSPS) is 24.2. The summed E-state index contributed by atoms with van der Waals surface area (Å²) in [6.07, 6.45) is 0. The summed E-state index contributed by atoms with van der Waals surface area (Å²) in [4.78, 5) is 50.9. The number of hydrogen-bond acceptors (Lipinski definition) is 7. The van der Waals surface area contributed by atoms with Crippen molar-refractivity contribution in [3.05, 3.63) is 102 Å². The van der Waals surface area contributed by atoms with Gasteiger partial charge in [-0.1, -0.05) is 78.9 Å². The average molecular weight is 515 g/mol. The SMILES string of the molecule is CCOC(=O)C1(C(=O)OCC)[C@@H](c2ccccc2)N(C)O[C@]12C(=O)N(c1ccccc1)[C@@H]2c1ccccc1. The number of anilines is 1. The quantitative estimate of drug-likeness (QED) is 0.265. The van der Waals surface area contributed by atoms with Gasteiger partial charge in [-0.3, -0.25) is 24.1 Å². The molecule has 2 fully saturated rings. The summed E-state index contributed by atoms with van der Waals surface area (Å²) in [5.41, 5.74) is -2.18. The van der Waals surface area contributed by atoms with E-state index in [-0.39, 0.29) is 13.2 Å². The van der Waals surface area contributed by atoms with Gasteiger partial charge in [0.2, 0.25) is 11.0 Å². The summed E-state index contributed by atoms with van der Waals surface area (Å²) in [6, 6.07) is 25.6. The number of para-hydroxylation sites is 1. The van der Waals surface area contributed by atoms with E-state index in [1.807, 2.05) is 78.9 Å². The Balaban J connectivity index is 1.83. The largest absolute Gasteiger partial charge is 0.465 e.